The number of rotatable bonds is 1. The van der Waals surface area contributed by atoms with Crippen LogP contribution in [0.1, 0.15) is 27.7 Å². The van der Waals surface area contributed by atoms with Gasteiger partial charge in [0.05, 0.1) is 13.1 Å². The summed E-state index contributed by atoms with van der Waals surface area (Å²) in [5.41, 5.74) is -1.78. The van der Waals surface area contributed by atoms with Gasteiger partial charge in [-0.2, -0.15) is 0 Å². The summed E-state index contributed by atoms with van der Waals surface area (Å²) in [6.45, 7) is 7.12. The third-order valence-electron chi connectivity index (χ3n) is 2.26. The number of carbonyl (C=O) groups is 2. The average molecular weight is 214 g/mol. The van der Waals surface area contributed by atoms with Crippen LogP contribution in [0.4, 0.5) is 0 Å². The van der Waals surface area contributed by atoms with Gasteiger partial charge in [0.2, 0.25) is 5.91 Å². The fourth-order valence-electron chi connectivity index (χ4n) is 1.41. The van der Waals surface area contributed by atoms with Gasteiger partial charge in [-0.25, -0.2) is 0 Å². The van der Waals surface area contributed by atoms with Crippen LogP contribution < -0.4 is 5.32 Å². The predicted molar refractivity (Wildman–Crippen MR) is 55.1 cm³/mol. The molecule has 0 unspecified atom stereocenters. The molecule has 5 heteroatoms. The number of likely N-dealkylation sites (tertiary alicyclic amines) is 1. The summed E-state index contributed by atoms with van der Waals surface area (Å²) in [5.74, 6) is -0.532. The normalized spacial score (nSPS) is 19.4. The Labute approximate surface area is 89.4 Å². The first-order chi connectivity index (χ1) is 6.64. The maximum atomic E-state index is 11.6. The van der Waals surface area contributed by atoms with Gasteiger partial charge in [-0.3, -0.25) is 9.59 Å². The minimum absolute atomic E-state index is 0.0875. The summed E-state index contributed by atoms with van der Waals surface area (Å²) < 4.78 is 0. The van der Waals surface area contributed by atoms with Crippen molar-refractivity contribution in [2.45, 2.75) is 38.8 Å². The molecule has 0 aliphatic carbocycles. The van der Waals surface area contributed by atoms with Gasteiger partial charge in [-0.1, -0.05) is 0 Å². The predicted octanol–water partition coefficient (Wildman–Crippen LogP) is -0.506. The minimum Gasteiger partial charge on any atom is -0.377 e. The molecule has 1 rings (SSSR count). The molecule has 2 N–H and O–H groups in total. The maximum absolute atomic E-state index is 11.6. The molecule has 1 heterocycles. The molecule has 0 bridgehead atoms. The number of hydrogen-bond donors (Lipinski definition) is 2. The Morgan fingerprint density at radius 2 is 1.80 bits per heavy atom. The summed E-state index contributed by atoms with van der Waals surface area (Å²) in [7, 11) is 0. The van der Waals surface area contributed by atoms with Crippen molar-refractivity contribution in [1.82, 2.24) is 10.2 Å². The van der Waals surface area contributed by atoms with E-state index < -0.39 is 11.5 Å². The lowest BCUT2D eigenvalue weighted by molar-refractivity contribution is -0.168. The van der Waals surface area contributed by atoms with Gasteiger partial charge in [0, 0.05) is 12.5 Å². The zero-order chi connectivity index (χ0) is 11.9. The second kappa shape index (κ2) is 3.48. The van der Waals surface area contributed by atoms with Crippen LogP contribution in [0.2, 0.25) is 0 Å². The van der Waals surface area contributed by atoms with Gasteiger partial charge in [-0.15, -0.1) is 0 Å². The van der Waals surface area contributed by atoms with Crippen LogP contribution in [0.3, 0.4) is 0 Å². The Morgan fingerprint density at radius 1 is 1.33 bits per heavy atom. The highest BCUT2D eigenvalue weighted by Crippen LogP contribution is 2.21. The van der Waals surface area contributed by atoms with E-state index in [9.17, 15) is 14.7 Å². The van der Waals surface area contributed by atoms with Crippen LogP contribution in [0.15, 0.2) is 0 Å². The molecule has 0 radical (unpaired) electrons. The molecule has 15 heavy (non-hydrogen) atoms. The third-order valence-corrected chi connectivity index (χ3v) is 2.26. The Kier molecular flexibility index (Phi) is 2.78. The standard InChI is InChI=1S/C10H18N2O3/c1-7(13)12-5-10(15,6-12)8(14)11-9(2,3)4/h15H,5-6H2,1-4H3,(H,11,14). The second-order valence-corrected chi connectivity index (χ2v) is 5.11. The lowest BCUT2D eigenvalue weighted by Crippen LogP contribution is -2.70. The second-order valence-electron chi connectivity index (χ2n) is 5.11. The van der Waals surface area contributed by atoms with E-state index in [1.807, 2.05) is 20.8 Å². The van der Waals surface area contributed by atoms with Gasteiger partial charge in [0.15, 0.2) is 5.60 Å². The van der Waals surface area contributed by atoms with E-state index in [0.717, 1.165) is 0 Å². The molecule has 1 aliphatic heterocycles. The van der Waals surface area contributed by atoms with Crippen LogP contribution in [-0.2, 0) is 9.59 Å². The number of nitrogens with zero attached hydrogens (tertiary/aromatic N) is 1. The number of hydrogen-bond acceptors (Lipinski definition) is 3. The van der Waals surface area contributed by atoms with Gasteiger partial charge >= 0.3 is 0 Å². The van der Waals surface area contributed by atoms with Crippen molar-refractivity contribution in [2.24, 2.45) is 0 Å². The zero-order valence-corrected chi connectivity index (χ0v) is 9.63. The molecule has 0 atom stereocenters. The Balaban J connectivity index is 2.53. The molecule has 2 amide bonds. The smallest absolute Gasteiger partial charge is 0.256 e. The quantitative estimate of drug-likeness (QED) is 0.618. The molecule has 0 aromatic rings. The van der Waals surface area contributed by atoms with Crippen molar-refractivity contribution >= 4 is 11.8 Å². The summed E-state index contributed by atoms with van der Waals surface area (Å²) in [6.07, 6.45) is 0. The summed E-state index contributed by atoms with van der Waals surface area (Å²) >= 11 is 0. The SMILES string of the molecule is CC(=O)N1CC(O)(C(=O)NC(C)(C)C)C1. The monoisotopic (exact) mass is 214 g/mol. The largest absolute Gasteiger partial charge is 0.377 e. The van der Waals surface area contributed by atoms with Crippen molar-refractivity contribution in [3.8, 4) is 0 Å². The van der Waals surface area contributed by atoms with Crippen LogP contribution in [0, 0.1) is 0 Å². The first-order valence-corrected chi connectivity index (χ1v) is 4.95. The van der Waals surface area contributed by atoms with Crippen molar-refractivity contribution in [3.63, 3.8) is 0 Å². The molecular formula is C10H18N2O3. The fraction of sp³-hybridized carbons (Fsp3) is 0.800. The number of β-amino-alcohol motifs (C(OH)–C–C–N with tert-alkyl or cyclic N) is 1. The molecule has 5 nitrogen and oxygen atoms in total. The molecule has 1 aliphatic rings. The van der Waals surface area contributed by atoms with E-state index >= 15 is 0 Å². The minimum atomic E-state index is -1.40. The van der Waals surface area contributed by atoms with Gasteiger partial charge in [0.25, 0.3) is 5.91 Å². The molecule has 0 aromatic carbocycles. The van der Waals surface area contributed by atoms with Crippen LogP contribution in [0.5, 0.6) is 0 Å². The Bertz CT molecular complexity index is 288. The molecule has 1 fully saturated rings. The highest BCUT2D eigenvalue weighted by molar-refractivity contribution is 5.89. The highest BCUT2D eigenvalue weighted by atomic mass is 16.3. The maximum Gasteiger partial charge on any atom is 0.256 e. The molecule has 0 aromatic heterocycles. The van der Waals surface area contributed by atoms with E-state index in [4.69, 9.17) is 0 Å². The fourth-order valence-corrected chi connectivity index (χ4v) is 1.41. The Morgan fingerprint density at radius 3 is 2.13 bits per heavy atom. The van der Waals surface area contributed by atoms with Crippen molar-refractivity contribution in [3.05, 3.63) is 0 Å². The molecule has 1 saturated heterocycles. The lowest BCUT2D eigenvalue weighted by Gasteiger charge is -2.45. The summed E-state index contributed by atoms with van der Waals surface area (Å²) in [5, 5.41) is 12.5. The third kappa shape index (κ3) is 2.68. The van der Waals surface area contributed by atoms with E-state index in [0.29, 0.717) is 0 Å². The highest BCUT2D eigenvalue weighted by Gasteiger charge is 2.49. The summed E-state index contributed by atoms with van der Waals surface area (Å²) in [4.78, 5) is 24.0. The van der Waals surface area contributed by atoms with E-state index in [2.05, 4.69) is 5.32 Å². The molecule has 86 valence electrons. The van der Waals surface area contributed by atoms with Crippen molar-refractivity contribution in [1.29, 1.82) is 0 Å². The molecule has 0 spiro atoms. The molecular weight excluding hydrogens is 196 g/mol. The average Bonchev–Trinajstić information content (AvgIpc) is 1.94. The van der Waals surface area contributed by atoms with Gasteiger partial charge < -0.3 is 15.3 Å². The lowest BCUT2D eigenvalue weighted by atomic mass is 9.92. The van der Waals surface area contributed by atoms with Crippen LogP contribution >= 0.6 is 0 Å². The van der Waals surface area contributed by atoms with Crippen LogP contribution in [-0.4, -0.2) is 46.1 Å². The summed E-state index contributed by atoms with van der Waals surface area (Å²) in [6, 6.07) is 0. The molecule has 0 saturated carbocycles. The van der Waals surface area contributed by atoms with E-state index in [1.165, 1.54) is 11.8 Å². The topological polar surface area (TPSA) is 69.6 Å². The number of amides is 2. The number of aliphatic hydroxyl groups is 1. The first kappa shape index (κ1) is 12.0. The zero-order valence-electron chi connectivity index (χ0n) is 9.63. The van der Waals surface area contributed by atoms with E-state index in [-0.39, 0.29) is 24.5 Å². The van der Waals surface area contributed by atoms with E-state index in [1.54, 1.807) is 0 Å². The van der Waals surface area contributed by atoms with Gasteiger partial charge in [-0.05, 0) is 20.8 Å². The number of carbonyl (C=O) groups excluding carboxylic acids is 2. The van der Waals surface area contributed by atoms with Crippen molar-refractivity contribution < 1.29 is 14.7 Å². The van der Waals surface area contributed by atoms with Crippen molar-refractivity contribution in [2.75, 3.05) is 13.1 Å². The number of nitrogens with one attached hydrogen (secondary N) is 1. The first-order valence-electron chi connectivity index (χ1n) is 4.95. The van der Waals surface area contributed by atoms with Crippen LogP contribution in [0.25, 0.3) is 0 Å². The van der Waals surface area contributed by atoms with Gasteiger partial charge in [0.1, 0.15) is 0 Å². The Hall–Kier alpha value is -1.10.